The van der Waals surface area contributed by atoms with E-state index in [1.54, 1.807) is 12.1 Å². The standard InChI is InChI=1S/C33H47NO5S/c1-39-32(35)19-17-30(25-40(37,38)31-18-16-28-14-8-9-15-29(28)24-31)33(36)34(22-20-26-10-4-2-5-11-26)23-21-27-12-6-3-7-13-27/h8-9,14-16,18,24,26-27,30H,2-7,10-13,17,19-23,25H2,1H3. The largest absolute Gasteiger partial charge is 0.469 e. The Morgan fingerprint density at radius 2 is 1.43 bits per heavy atom. The molecule has 2 aromatic rings. The fraction of sp³-hybridized carbons (Fsp3) is 0.636. The van der Waals surface area contributed by atoms with Crippen molar-refractivity contribution in [2.24, 2.45) is 17.8 Å². The molecule has 2 saturated carbocycles. The summed E-state index contributed by atoms with van der Waals surface area (Å²) >= 11 is 0. The second-order valence-corrected chi connectivity index (χ2v) is 14.0. The number of methoxy groups -OCH3 is 1. The van der Waals surface area contributed by atoms with Crippen molar-refractivity contribution in [3.05, 3.63) is 42.5 Å². The first-order valence-electron chi connectivity index (χ1n) is 15.4. The Hall–Kier alpha value is -2.41. The van der Waals surface area contributed by atoms with Crippen LogP contribution in [0.25, 0.3) is 10.8 Å². The summed E-state index contributed by atoms with van der Waals surface area (Å²) in [7, 11) is -2.43. The van der Waals surface area contributed by atoms with Crippen molar-refractivity contribution < 1.29 is 22.7 Å². The van der Waals surface area contributed by atoms with Gasteiger partial charge in [0.25, 0.3) is 0 Å². The average molecular weight is 570 g/mol. The lowest BCUT2D eigenvalue weighted by atomic mass is 9.86. The number of benzene rings is 2. The molecule has 2 aliphatic carbocycles. The molecule has 6 nitrogen and oxygen atoms in total. The highest BCUT2D eigenvalue weighted by molar-refractivity contribution is 7.91. The zero-order valence-corrected chi connectivity index (χ0v) is 25.0. The molecular weight excluding hydrogens is 522 g/mol. The Kier molecular flexibility index (Phi) is 11.5. The molecule has 2 aromatic carbocycles. The lowest BCUT2D eigenvalue weighted by Crippen LogP contribution is -2.41. The summed E-state index contributed by atoms with van der Waals surface area (Å²) in [6.45, 7) is 1.34. The summed E-state index contributed by atoms with van der Waals surface area (Å²) in [6, 6.07) is 12.8. The van der Waals surface area contributed by atoms with Crippen molar-refractivity contribution in [1.29, 1.82) is 0 Å². The summed E-state index contributed by atoms with van der Waals surface area (Å²) in [4.78, 5) is 28.3. The van der Waals surface area contributed by atoms with Gasteiger partial charge >= 0.3 is 5.97 Å². The first-order valence-corrected chi connectivity index (χ1v) is 17.1. The third-order valence-electron chi connectivity index (χ3n) is 9.15. The maximum atomic E-state index is 14.1. The highest BCUT2D eigenvalue weighted by Crippen LogP contribution is 2.30. The molecule has 0 heterocycles. The van der Waals surface area contributed by atoms with Crippen LogP contribution in [0.2, 0.25) is 0 Å². The summed E-state index contributed by atoms with van der Waals surface area (Å²) in [5.41, 5.74) is 0. The van der Waals surface area contributed by atoms with E-state index in [-0.39, 0.29) is 29.4 Å². The van der Waals surface area contributed by atoms with Crippen LogP contribution in [-0.2, 0) is 24.2 Å². The maximum absolute atomic E-state index is 14.1. The lowest BCUT2D eigenvalue weighted by Gasteiger charge is -2.32. The molecule has 0 bridgehead atoms. The van der Waals surface area contributed by atoms with Crippen molar-refractivity contribution in [2.45, 2.75) is 94.8 Å². The van der Waals surface area contributed by atoms with Gasteiger partial charge in [-0.2, -0.15) is 0 Å². The molecule has 2 fully saturated rings. The van der Waals surface area contributed by atoms with Crippen LogP contribution in [0.1, 0.15) is 89.9 Å². The smallest absolute Gasteiger partial charge is 0.305 e. The minimum Gasteiger partial charge on any atom is -0.469 e. The van der Waals surface area contributed by atoms with Crippen LogP contribution in [0.4, 0.5) is 0 Å². The molecule has 0 radical (unpaired) electrons. The van der Waals surface area contributed by atoms with Crippen molar-refractivity contribution in [3.8, 4) is 0 Å². The average Bonchev–Trinajstić information content (AvgIpc) is 2.99. The fourth-order valence-corrected chi connectivity index (χ4v) is 8.23. The van der Waals surface area contributed by atoms with Gasteiger partial charge in [-0.1, -0.05) is 94.5 Å². The van der Waals surface area contributed by atoms with E-state index in [1.165, 1.54) is 71.3 Å². The van der Waals surface area contributed by atoms with Gasteiger partial charge < -0.3 is 9.64 Å². The molecule has 7 heteroatoms. The number of carbonyl (C=O) groups is 2. The van der Waals surface area contributed by atoms with E-state index in [0.29, 0.717) is 24.9 Å². The maximum Gasteiger partial charge on any atom is 0.305 e. The molecule has 1 unspecified atom stereocenters. The predicted octanol–water partition coefficient (Wildman–Crippen LogP) is 6.95. The second kappa shape index (κ2) is 15.0. The Labute approximate surface area is 240 Å². The molecule has 2 aliphatic rings. The number of rotatable bonds is 13. The topological polar surface area (TPSA) is 80.8 Å². The van der Waals surface area contributed by atoms with Gasteiger partial charge in [0, 0.05) is 19.5 Å². The highest BCUT2D eigenvalue weighted by Gasteiger charge is 2.32. The summed E-state index contributed by atoms with van der Waals surface area (Å²) < 4.78 is 32.1. The quantitative estimate of drug-likeness (QED) is 0.244. The van der Waals surface area contributed by atoms with Crippen molar-refractivity contribution >= 4 is 32.5 Å². The molecule has 4 rings (SSSR count). The third-order valence-corrected chi connectivity index (χ3v) is 11.0. The highest BCUT2D eigenvalue weighted by atomic mass is 32.2. The summed E-state index contributed by atoms with van der Waals surface area (Å²) in [5.74, 6) is -0.364. The van der Waals surface area contributed by atoms with E-state index in [2.05, 4.69) is 0 Å². The van der Waals surface area contributed by atoms with Gasteiger partial charge in [-0.3, -0.25) is 9.59 Å². The third kappa shape index (κ3) is 8.79. The normalized spacial score (nSPS) is 17.9. The SMILES string of the molecule is COC(=O)CCC(CS(=O)(=O)c1ccc2ccccc2c1)C(=O)N(CCC1CCCCC1)CCC1CCCCC1. The molecule has 0 aromatic heterocycles. The molecule has 0 N–H and O–H groups in total. The Morgan fingerprint density at radius 3 is 2.00 bits per heavy atom. The number of hydrogen-bond acceptors (Lipinski definition) is 5. The number of ether oxygens (including phenoxy) is 1. The first kappa shape index (κ1) is 30.5. The van der Waals surface area contributed by atoms with Crippen LogP contribution in [0, 0.1) is 17.8 Å². The van der Waals surface area contributed by atoms with Crippen LogP contribution in [0.15, 0.2) is 47.4 Å². The number of sulfone groups is 1. The van der Waals surface area contributed by atoms with E-state index < -0.39 is 21.7 Å². The molecule has 0 spiro atoms. The van der Waals surface area contributed by atoms with Crippen molar-refractivity contribution in [1.82, 2.24) is 4.90 Å². The van der Waals surface area contributed by atoms with Gasteiger partial charge in [-0.05, 0) is 54.0 Å². The first-order chi connectivity index (χ1) is 19.4. The summed E-state index contributed by atoms with van der Waals surface area (Å²) in [6.07, 6.45) is 14.6. The Morgan fingerprint density at radius 1 is 0.850 bits per heavy atom. The van der Waals surface area contributed by atoms with Gasteiger partial charge in [-0.25, -0.2) is 8.42 Å². The van der Waals surface area contributed by atoms with Crippen LogP contribution in [-0.4, -0.2) is 51.1 Å². The Bertz CT molecular complexity index is 1190. The van der Waals surface area contributed by atoms with Crippen LogP contribution < -0.4 is 0 Å². The molecule has 1 atom stereocenters. The summed E-state index contributed by atoms with van der Waals surface area (Å²) in [5, 5.41) is 1.82. The lowest BCUT2D eigenvalue weighted by molar-refractivity contribution is -0.141. The monoisotopic (exact) mass is 569 g/mol. The van der Waals surface area contributed by atoms with E-state index in [9.17, 15) is 18.0 Å². The van der Waals surface area contributed by atoms with E-state index in [0.717, 1.165) is 23.6 Å². The van der Waals surface area contributed by atoms with Crippen LogP contribution in [0.3, 0.4) is 0 Å². The van der Waals surface area contributed by atoms with Gasteiger partial charge in [0.1, 0.15) is 0 Å². The molecule has 220 valence electrons. The van der Waals surface area contributed by atoms with E-state index in [1.807, 2.05) is 35.2 Å². The van der Waals surface area contributed by atoms with Gasteiger partial charge in [-0.15, -0.1) is 0 Å². The van der Waals surface area contributed by atoms with E-state index >= 15 is 0 Å². The number of nitrogens with zero attached hydrogens (tertiary/aromatic N) is 1. The number of hydrogen-bond donors (Lipinski definition) is 0. The zero-order valence-electron chi connectivity index (χ0n) is 24.2. The zero-order chi connectivity index (χ0) is 28.4. The number of fused-ring (bicyclic) bond motifs is 1. The molecule has 40 heavy (non-hydrogen) atoms. The van der Waals surface area contributed by atoms with Crippen molar-refractivity contribution in [2.75, 3.05) is 26.0 Å². The molecule has 1 amide bonds. The predicted molar refractivity (Wildman–Crippen MR) is 160 cm³/mol. The molecule has 0 aliphatic heterocycles. The minimum atomic E-state index is -3.75. The van der Waals surface area contributed by atoms with Crippen molar-refractivity contribution in [3.63, 3.8) is 0 Å². The van der Waals surface area contributed by atoms with Gasteiger partial charge in [0.05, 0.1) is 23.7 Å². The number of carbonyl (C=O) groups excluding carboxylic acids is 2. The molecule has 0 saturated heterocycles. The van der Waals surface area contributed by atoms with Crippen LogP contribution >= 0.6 is 0 Å². The van der Waals surface area contributed by atoms with Crippen LogP contribution in [0.5, 0.6) is 0 Å². The number of esters is 1. The minimum absolute atomic E-state index is 0.0270. The van der Waals surface area contributed by atoms with Gasteiger partial charge in [0.15, 0.2) is 9.84 Å². The van der Waals surface area contributed by atoms with E-state index in [4.69, 9.17) is 4.74 Å². The molecular formula is C33H47NO5S. The Balaban J connectivity index is 1.53. The number of amides is 1. The van der Waals surface area contributed by atoms with Gasteiger partial charge in [0.2, 0.25) is 5.91 Å². The second-order valence-electron chi connectivity index (χ2n) is 12.0. The fourth-order valence-electron chi connectivity index (χ4n) is 6.61.